The minimum absolute atomic E-state index is 0.00409. The van der Waals surface area contributed by atoms with Gasteiger partial charge in [0.25, 0.3) is 10.0 Å². The largest absolute Gasteiger partial charge is 0.495 e. The minimum Gasteiger partial charge on any atom is -0.495 e. The molecule has 0 atom stereocenters. The predicted molar refractivity (Wildman–Crippen MR) is 122 cm³/mol. The Balaban J connectivity index is 1.94. The van der Waals surface area contributed by atoms with Crippen LogP contribution in [0.15, 0.2) is 46.2 Å². The highest BCUT2D eigenvalue weighted by molar-refractivity contribution is 7.92. The second-order valence-corrected chi connectivity index (χ2v) is 11.2. The summed E-state index contributed by atoms with van der Waals surface area (Å²) < 4.78 is 61.2. The zero-order valence-corrected chi connectivity index (χ0v) is 20.0. The van der Waals surface area contributed by atoms with E-state index in [-0.39, 0.29) is 33.2 Å². The SMILES string of the molecule is COc1ccc(S(=O)(=O)NC(C)C)cc1NS(=O)(=O)c1ccc(N2CCCC2=O)c(C)c1. The molecule has 1 fully saturated rings. The van der Waals surface area contributed by atoms with Crippen molar-refractivity contribution in [2.75, 3.05) is 23.3 Å². The quantitative estimate of drug-likeness (QED) is 0.598. The Kier molecular flexibility index (Phi) is 6.82. The highest BCUT2D eigenvalue weighted by atomic mass is 32.2. The Bertz CT molecular complexity index is 1240. The van der Waals surface area contributed by atoms with Crippen molar-refractivity contribution in [1.29, 1.82) is 0 Å². The Morgan fingerprint density at radius 1 is 1.00 bits per heavy atom. The summed E-state index contributed by atoms with van der Waals surface area (Å²) >= 11 is 0. The van der Waals surface area contributed by atoms with E-state index >= 15 is 0 Å². The van der Waals surface area contributed by atoms with Crippen LogP contribution in [0.4, 0.5) is 11.4 Å². The third-order valence-corrected chi connectivity index (χ3v) is 7.98. The molecule has 0 radical (unpaired) electrons. The van der Waals surface area contributed by atoms with Gasteiger partial charge in [0.1, 0.15) is 5.75 Å². The fraction of sp³-hybridized carbons (Fsp3) is 0.381. The summed E-state index contributed by atoms with van der Waals surface area (Å²) in [5.41, 5.74) is 1.32. The van der Waals surface area contributed by atoms with E-state index in [9.17, 15) is 21.6 Å². The zero-order chi connectivity index (χ0) is 23.7. The third kappa shape index (κ3) is 5.05. The lowest BCUT2D eigenvalue weighted by molar-refractivity contribution is -0.117. The van der Waals surface area contributed by atoms with Crippen molar-refractivity contribution in [3.05, 3.63) is 42.0 Å². The molecule has 2 N–H and O–H groups in total. The van der Waals surface area contributed by atoms with Gasteiger partial charge in [-0.15, -0.1) is 0 Å². The molecular formula is C21H27N3O6S2. The van der Waals surface area contributed by atoms with Crippen molar-refractivity contribution >= 4 is 37.3 Å². The number of sulfonamides is 2. The summed E-state index contributed by atoms with van der Waals surface area (Å²) in [6, 6.07) is 8.13. The summed E-state index contributed by atoms with van der Waals surface area (Å²) in [5.74, 6) is 0.188. The monoisotopic (exact) mass is 481 g/mol. The minimum atomic E-state index is -4.06. The van der Waals surface area contributed by atoms with Crippen LogP contribution in [0.25, 0.3) is 0 Å². The number of nitrogens with one attached hydrogen (secondary N) is 2. The normalized spacial score (nSPS) is 14.8. The molecule has 1 heterocycles. The highest BCUT2D eigenvalue weighted by Crippen LogP contribution is 2.32. The molecular weight excluding hydrogens is 454 g/mol. The molecule has 1 amide bonds. The number of amides is 1. The van der Waals surface area contributed by atoms with E-state index in [4.69, 9.17) is 4.74 Å². The summed E-state index contributed by atoms with van der Waals surface area (Å²) in [6.45, 7) is 5.72. The molecule has 2 aromatic rings. The molecule has 2 aromatic carbocycles. The molecule has 0 aliphatic carbocycles. The number of aryl methyl sites for hydroxylation is 1. The van der Waals surface area contributed by atoms with Crippen LogP contribution in [0.5, 0.6) is 5.75 Å². The van der Waals surface area contributed by atoms with Crippen molar-refractivity contribution in [2.24, 2.45) is 0 Å². The lowest BCUT2D eigenvalue weighted by Crippen LogP contribution is -2.30. The summed E-state index contributed by atoms with van der Waals surface area (Å²) in [6.07, 6.45) is 1.25. The van der Waals surface area contributed by atoms with Crippen LogP contribution in [0, 0.1) is 6.92 Å². The standard InChI is InChI=1S/C21H27N3O6S2/c1-14(2)22-31(26,27)17-8-10-20(30-4)18(13-17)23-32(28,29)16-7-9-19(15(3)12-16)24-11-5-6-21(24)25/h7-10,12-14,22-23H,5-6,11H2,1-4H3. The maximum Gasteiger partial charge on any atom is 0.262 e. The number of anilines is 2. The second kappa shape index (κ2) is 9.08. The van der Waals surface area contributed by atoms with Crippen LogP contribution < -0.4 is 19.1 Å². The Morgan fingerprint density at radius 3 is 2.22 bits per heavy atom. The van der Waals surface area contributed by atoms with Crippen molar-refractivity contribution in [3.63, 3.8) is 0 Å². The summed E-state index contributed by atoms with van der Waals surface area (Å²) in [4.78, 5) is 13.6. The molecule has 3 rings (SSSR count). The number of methoxy groups -OCH3 is 1. The van der Waals surface area contributed by atoms with Gasteiger partial charge < -0.3 is 9.64 Å². The van der Waals surface area contributed by atoms with Crippen molar-refractivity contribution in [3.8, 4) is 5.75 Å². The van der Waals surface area contributed by atoms with Crippen LogP contribution in [0.3, 0.4) is 0 Å². The lowest BCUT2D eigenvalue weighted by atomic mass is 10.2. The number of ether oxygens (including phenoxy) is 1. The molecule has 1 aliphatic rings. The molecule has 11 heteroatoms. The van der Waals surface area contributed by atoms with E-state index in [1.165, 1.54) is 37.4 Å². The van der Waals surface area contributed by atoms with Crippen LogP contribution in [0.1, 0.15) is 32.3 Å². The van der Waals surface area contributed by atoms with E-state index in [1.807, 2.05) is 0 Å². The van der Waals surface area contributed by atoms with Crippen LogP contribution in [-0.2, 0) is 24.8 Å². The van der Waals surface area contributed by atoms with Gasteiger partial charge in [0.05, 0.1) is 22.6 Å². The second-order valence-electron chi connectivity index (χ2n) is 7.84. The van der Waals surface area contributed by atoms with Gasteiger partial charge in [-0.2, -0.15) is 0 Å². The molecule has 32 heavy (non-hydrogen) atoms. The molecule has 0 bridgehead atoms. The first kappa shape index (κ1) is 24.0. The number of hydrogen-bond donors (Lipinski definition) is 2. The van der Waals surface area contributed by atoms with Crippen LogP contribution in [0.2, 0.25) is 0 Å². The average molecular weight is 482 g/mol. The first-order valence-electron chi connectivity index (χ1n) is 10.1. The maximum atomic E-state index is 13.0. The average Bonchev–Trinajstić information content (AvgIpc) is 3.12. The third-order valence-electron chi connectivity index (χ3n) is 4.96. The number of carbonyl (C=O) groups is 1. The molecule has 0 saturated carbocycles. The van der Waals surface area contributed by atoms with Crippen molar-refractivity contribution in [1.82, 2.24) is 4.72 Å². The van der Waals surface area contributed by atoms with Gasteiger partial charge in [-0.1, -0.05) is 0 Å². The van der Waals surface area contributed by atoms with Gasteiger partial charge in [-0.3, -0.25) is 9.52 Å². The topological polar surface area (TPSA) is 122 Å². The maximum absolute atomic E-state index is 13.0. The fourth-order valence-electron chi connectivity index (χ4n) is 3.52. The Labute approximate surface area is 188 Å². The number of hydrogen-bond acceptors (Lipinski definition) is 6. The molecule has 0 unspecified atom stereocenters. The Hall–Kier alpha value is -2.63. The highest BCUT2D eigenvalue weighted by Gasteiger charge is 2.25. The van der Waals surface area contributed by atoms with E-state index < -0.39 is 20.0 Å². The summed E-state index contributed by atoms with van der Waals surface area (Å²) in [7, 11) is -6.53. The van der Waals surface area contributed by atoms with E-state index in [1.54, 1.807) is 31.7 Å². The van der Waals surface area contributed by atoms with Gasteiger partial charge in [-0.25, -0.2) is 21.6 Å². The first-order chi connectivity index (χ1) is 14.9. The van der Waals surface area contributed by atoms with E-state index in [2.05, 4.69) is 9.44 Å². The number of rotatable bonds is 8. The number of nitrogens with zero attached hydrogens (tertiary/aromatic N) is 1. The molecule has 9 nitrogen and oxygen atoms in total. The van der Waals surface area contributed by atoms with Crippen LogP contribution >= 0.6 is 0 Å². The first-order valence-corrected chi connectivity index (χ1v) is 13.1. The lowest BCUT2D eigenvalue weighted by Gasteiger charge is -2.19. The zero-order valence-electron chi connectivity index (χ0n) is 18.4. The smallest absolute Gasteiger partial charge is 0.262 e. The molecule has 174 valence electrons. The molecule has 1 aliphatic heterocycles. The van der Waals surface area contributed by atoms with Gasteiger partial charge >= 0.3 is 0 Å². The van der Waals surface area contributed by atoms with Crippen LogP contribution in [-0.4, -0.2) is 42.4 Å². The summed E-state index contributed by atoms with van der Waals surface area (Å²) in [5, 5.41) is 0. The molecule has 1 saturated heterocycles. The van der Waals surface area contributed by atoms with Gasteiger partial charge in [0.2, 0.25) is 15.9 Å². The van der Waals surface area contributed by atoms with E-state index in [0.29, 0.717) is 24.2 Å². The Morgan fingerprint density at radius 2 is 1.66 bits per heavy atom. The van der Waals surface area contributed by atoms with Gasteiger partial charge in [0, 0.05) is 24.7 Å². The predicted octanol–water partition coefficient (Wildman–Crippen LogP) is 2.62. The number of carbonyl (C=O) groups excluding carboxylic acids is 1. The van der Waals surface area contributed by atoms with Gasteiger partial charge in [-0.05, 0) is 69.2 Å². The van der Waals surface area contributed by atoms with Crippen molar-refractivity contribution < 1.29 is 26.4 Å². The van der Waals surface area contributed by atoms with Crippen molar-refractivity contribution in [2.45, 2.75) is 49.4 Å². The molecule has 0 aromatic heterocycles. The number of benzene rings is 2. The van der Waals surface area contributed by atoms with Gasteiger partial charge in [0.15, 0.2) is 0 Å². The van der Waals surface area contributed by atoms with E-state index in [0.717, 1.165) is 6.42 Å². The molecule has 0 spiro atoms. The fourth-order valence-corrected chi connectivity index (χ4v) is 5.94.